The molecular weight excluding hydrogens is 414 g/mol. The van der Waals surface area contributed by atoms with Crippen LogP contribution in [-0.2, 0) is 4.79 Å². The van der Waals surface area contributed by atoms with E-state index in [0.29, 0.717) is 37.2 Å². The Hall–Kier alpha value is -2.75. The van der Waals surface area contributed by atoms with Gasteiger partial charge in [0.1, 0.15) is 16.9 Å². The van der Waals surface area contributed by atoms with Crippen LogP contribution < -0.4 is 15.5 Å². The molecule has 1 aliphatic heterocycles. The highest BCUT2D eigenvalue weighted by Gasteiger charge is 2.25. The van der Waals surface area contributed by atoms with Crippen LogP contribution in [0.1, 0.15) is 50.0 Å². The van der Waals surface area contributed by atoms with E-state index in [1.54, 1.807) is 18.0 Å². The van der Waals surface area contributed by atoms with Crippen molar-refractivity contribution in [1.82, 2.24) is 25.4 Å². The number of piperazine rings is 1. The number of nitrogens with one attached hydrogen (secondary N) is 2. The van der Waals surface area contributed by atoms with Crippen LogP contribution in [0.5, 0.6) is 0 Å². The van der Waals surface area contributed by atoms with Crippen molar-refractivity contribution in [3.8, 4) is 0 Å². The number of amides is 3. The van der Waals surface area contributed by atoms with Crippen LogP contribution in [0.3, 0.4) is 0 Å². The zero-order valence-corrected chi connectivity index (χ0v) is 18.6. The van der Waals surface area contributed by atoms with Crippen molar-refractivity contribution in [3.05, 3.63) is 29.4 Å². The van der Waals surface area contributed by atoms with Crippen molar-refractivity contribution in [3.63, 3.8) is 0 Å². The number of carbonyl (C=O) groups excluding carboxylic acids is 2. The highest BCUT2D eigenvalue weighted by molar-refractivity contribution is 7.15. The van der Waals surface area contributed by atoms with Crippen LogP contribution in [0.4, 0.5) is 15.7 Å². The van der Waals surface area contributed by atoms with Gasteiger partial charge in [0, 0.05) is 38.3 Å². The molecule has 4 rings (SSSR count). The van der Waals surface area contributed by atoms with Crippen LogP contribution in [0.25, 0.3) is 0 Å². The molecule has 3 heterocycles. The summed E-state index contributed by atoms with van der Waals surface area (Å²) >= 11 is 1.44. The number of hydrogen-bond acceptors (Lipinski definition) is 7. The molecule has 3 amide bonds. The molecule has 0 radical (unpaired) electrons. The molecule has 1 atom stereocenters. The summed E-state index contributed by atoms with van der Waals surface area (Å²) in [4.78, 5) is 33.4. The van der Waals surface area contributed by atoms with Gasteiger partial charge < -0.3 is 15.1 Å². The highest BCUT2D eigenvalue weighted by atomic mass is 32.1. The summed E-state index contributed by atoms with van der Waals surface area (Å²) in [7, 11) is 0. The van der Waals surface area contributed by atoms with Crippen molar-refractivity contribution in [2.45, 2.75) is 51.0 Å². The molecule has 1 saturated heterocycles. The van der Waals surface area contributed by atoms with Gasteiger partial charge in [-0.25, -0.2) is 9.78 Å². The predicted octanol–water partition coefficient (Wildman–Crippen LogP) is 2.84. The van der Waals surface area contributed by atoms with Gasteiger partial charge in [0.25, 0.3) is 0 Å². The molecule has 10 heteroatoms. The molecule has 166 valence electrons. The first-order valence-electron chi connectivity index (χ1n) is 11.0. The molecule has 0 aromatic carbocycles. The molecule has 2 aliphatic rings. The van der Waals surface area contributed by atoms with E-state index in [1.807, 2.05) is 18.2 Å². The minimum absolute atomic E-state index is 0.233. The molecule has 1 aliphatic carbocycles. The Morgan fingerprint density at radius 3 is 2.58 bits per heavy atom. The molecule has 0 bridgehead atoms. The monoisotopic (exact) mass is 443 g/mol. The van der Waals surface area contributed by atoms with E-state index in [1.165, 1.54) is 30.6 Å². The zero-order chi connectivity index (χ0) is 21.6. The third kappa shape index (κ3) is 5.49. The van der Waals surface area contributed by atoms with Crippen molar-refractivity contribution >= 4 is 34.2 Å². The number of aromatic nitrogens is 3. The number of urea groups is 1. The quantitative estimate of drug-likeness (QED) is 0.737. The molecule has 2 fully saturated rings. The van der Waals surface area contributed by atoms with Gasteiger partial charge >= 0.3 is 6.03 Å². The van der Waals surface area contributed by atoms with E-state index in [-0.39, 0.29) is 11.9 Å². The summed E-state index contributed by atoms with van der Waals surface area (Å²) in [5.41, 5.74) is 0. The van der Waals surface area contributed by atoms with Gasteiger partial charge in [0.15, 0.2) is 0 Å². The van der Waals surface area contributed by atoms with E-state index in [9.17, 15) is 9.59 Å². The first-order chi connectivity index (χ1) is 15.1. The Morgan fingerprint density at radius 2 is 1.87 bits per heavy atom. The van der Waals surface area contributed by atoms with E-state index in [2.05, 4.69) is 30.7 Å². The summed E-state index contributed by atoms with van der Waals surface area (Å²) in [5, 5.41) is 15.5. The van der Waals surface area contributed by atoms with E-state index in [4.69, 9.17) is 0 Å². The highest BCUT2D eigenvalue weighted by Crippen LogP contribution is 2.35. The van der Waals surface area contributed by atoms with Gasteiger partial charge in [-0.2, -0.15) is 0 Å². The summed E-state index contributed by atoms with van der Waals surface area (Å²) in [6.07, 6.45) is 7.79. The number of hydrogen-bond donors (Lipinski definition) is 2. The Balaban J connectivity index is 1.23. The molecule has 2 aromatic heterocycles. The smallest absolute Gasteiger partial charge is 0.318 e. The largest absolute Gasteiger partial charge is 0.353 e. The summed E-state index contributed by atoms with van der Waals surface area (Å²) in [5.74, 6) is 1.09. The van der Waals surface area contributed by atoms with Gasteiger partial charge in [0.2, 0.25) is 11.0 Å². The molecule has 1 saturated carbocycles. The van der Waals surface area contributed by atoms with E-state index in [0.717, 1.165) is 23.7 Å². The standard InChI is InChI=1S/C21H29N7O2S/c1-15(18(29)24-20-26-25-19(31-20)16-7-3-2-4-8-16)23-21(30)28-13-11-27(12-14-28)17-9-5-6-10-22-17/h5-6,9-10,15-16H,2-4,7-8,11-14H2,1H3,(H,23,30)(H,24,26,29)/t15-/m0/s1. The third-order valence-corrected chi connectivity index (χ3v) is 6.90. The number of nitrogens with zero attached hydrogens (tertiary/aromatic N) is 5. The maximum atomic E-state index is 12.6. The second-order valence-corrected chi connectivity index (χ2v) is 9.11. The second kappa shape index (κ2) is 10.0. The Bertz CT molecular complexity index is 877. The molecule has 2 aromatic rings. The van der Waals surface area contributed by atoms with Crippen molar-refractivity contribution in [2.75, 3.05) is 36.4 Å². The maximum absolute atomic E-state index is 12.6. The van der Waals surface area contributed by atoms with Crippen LogP contribution in [0.15, 0.2) is 24.4 Å². The Kier molecular flexibility index (Phi) is 6.96. The van der Waals surface area contributed by atoms with Crippen LogP contribution in [0, 0.1) is 0 Å². The number of anilines is 2. The van der Waals surface area contributed by atoms with Crippen molar-refractivity contribution in [1.29, 1.82) is 0 Å². The lowest BCUT2D eigenvalue weighted by Crippen LogP contribution is -2.54. The summed E-state index contributed by atoms with van der Waals surface area (Å²) < 4.78 is 0. The first-order valence-corrected chi connectivity index (χ1v) is 11.8. The molecule has 9 nitrogen and oxygen atoms in total. The lowest BCUT2D eigenvalue weighted by atomic mass is 9.90. The fourth-order valence-electron chi connectivity index (χ4n) is 4.03. The topological polar surface area (TPSA) is 103 Å². The molecular formula is C21H29N7O2S. The lowest BCUT2D eigenvalue weighted by Gasteiger charge is -2.35. The average molecular weight is 444 g/mol. The maximum Gasteiger partial charge on any atom is 0.318 e. The Morgan fingerprint density at radius 1 is 1.10 bits per heavy atom. The SMILES string of the molecule is C[C@H](NC(=O)N1CCN(c2ccccn2)CC1)C(=O)Nc1nnc(C2CCCCC2)s1. The molecule has 0 unspecified atom stereocenters. The van der Waals surface area contributed by atoms with Crippen LogP contribution >= 0.6 is 11.3 Å². The minimum atomic E-state index is -0.664. The second-order valence-electron chi connectivity index (χ2n) is 8.10. The first kappa shape index (κ1) is 21.5. The number of carbonyl (C=O) groups is 2. The fourth-order valence-corrected chi connectivity index (χ4v) is 4.95. The van der Waals surface area contributed by atoms with E-state index >= 15 is 0 Å². The predicted molar refractivity (Wildman–Crippen MR) is 120 cm³/mol. The summed E-state index contributed by atoms with van der Waals surface area (Å²) in [6.45, 7) is 4.26. The number of rotatable bonds is 5. The van der Waals surface area contributed by atoms with Gasteiger partial charge in [-0.3, -0.25) is 10.1 Å². The zero-order valence-electron chi connectivity index (χ0n) is 17.8. The lowest BCUT2D eigenvalue weighted by molar-refractivity contribution is -0.117. The van der Waals surface area contributed by atoms with E-state index < -0.39 is 6.04 Å². The van der Waals surface area contributed by atoms with Gasteiger partial charge in [-0.15, -0.1) is 10.2 Å². The fraction of sp³-hybridized carbons (Fsp3) is 0.571. The average Bonchev–Trinajstić information content (AvgIpc) is 3.29. The molecule has 0 spiro atoms. The molecule has 2 N–H and O–H groups in total. The van der Waals surface area contributed by atoms with Gasteiger partial charge in [-0.05, 0) is 31.9 Å². The summed E-state index contributed by atoms with van der Waals surface area (Å²) in [6, 6.07) is 4.91. The van der Waals surface area contributed by atoms with Crippen LogP contribution in [-0.4, -0.2) is 64.2 Å². The normalized spacial score (nSPS) is 18.5. The van der Waals surface area contributed by atoms with Crippen molar-refractivity contribution < 1.29 is 9.59 Å². The molecule has 31 heavy (non-hydrogen) atoms. The minimum Gasteiger partial charge on any atom is -0.353 e. The van der Waals surface area contributed by atoms with Gasteiger partial charge in [0.05, 0.1) is 0 Å². The number of pyridine rings is 1. The van der Waals surface area contributed by atoms with Crippen molar-refractivity contribution in [2.24, 2.45) is 0 Å². The van der Waals surface area contributed by atoms with Crippen LogP contribution in [0.2, 0.25) is 0 Å². The third-order valence-electron chi connectivity index (χ3n) is 5.90. The van der Waals surface area contributed by atoms with Gasteiger partial charge in [-0.1, -0.05) is 36.7 Å². The Labute approximate surface area is 186 Å².